The molecule has 0 aliphatic heterocycles. The van der Waals surface area contributed by atoms with Crippen LogP contribution in [0.5, 0.6) is 0 Å². The fraction of sp³-hybridized carbons (Fsp3) is 0.333. The first-order chi connectivity index (χ1) is 8.76. The minimum atomic E-state index is -1.000. The first-order valence-electron chi connectivity index (χ1n) is 5.51. The van der Waals surface area contributed by atoms with Crippen molar-refractivity contribution in [1.82, 2.24) is 5.32 Å². The van der Waals surface area contributed by atoms with Gasteiger partial charge in [-0.3, -0.25) is 4.79 Å². The molecule has 1 aliphatic carbocycles. The summed E-state index contributed by atoms with van der Waals surface area (Å²) in [6.45, 7) is 1.71. The van der Waals surface area contributed by atoms with Crippen molar-refractivity contribution in [3.8, 4) is 0 Å². The Morgan fingerprint density at radius 1 is 1.42 bits per heavy atom. The first-order valence-corrected chi connectivity index (χ1v) is 7.47. The summed E-state index contributed by atoms with van der Waals surface area (Å²) < 4.78 is -0.145. The molecule has 0 spiro atoms. The number of hydrogen-bond acceptors (Lipinski definition) is 2. The molecule has 1 amide bonds. The predicted octanol–water partition coefficient (Wildman–Crippen LogP) is 3.85. The topological polar surface area (TPSA) is 41.1 Å². The molecular formula is C12H11BrCl2N2OS. The lowest BCUT2D eigenvalue weighted by molar-refractivity contribution is -0.124. The zero-order valence-corrected chi connectivity index (χ0v) is 13.9. The second-order valence-corrected chi connectivity index (χ2v) is 7.35. The molecule has 0 radical (unpaired) electrons. The molecule has 0 aromatic heterocycles. The van der Waals surface area contributed by atoms with Gasteiger partial charge >= 0.3 is 0 Å². The maximum atomic E-state index is 12.0. The van der Waals surface area contributed by atoms with E-state index in [0.717, 1.165) is 10.2 Å². The Kier molecular flexibility index (Phi) is 4.12. The van der Waals surface area contributed by atoms with Gasteiger partial charge in [0.1, 0.15) is 4.33 Å². The number of carbonyl (C=O) groups excluding carboxylic acids is 1. The number of anilines is 1. The van der Waals surface area contributed by atoms with Crippen LogP contribution in [0.15, 0.2) is 28.7 Å². The Labute approximate surface area is 135 Å². The molecular weight excluding hydrogens is 371 g/mol. The van der Waals surface area contributed by atoms with E-state index in [1.165, 1.54) is 0 Å². The van der Waals surface area contributed by atoms with E-state index < -0.39 is 9.75 Å². The summed E-state index contributed by atoms with van der Waals surface area (Å²) in [4.78, 5) is 12.0. The Bertz CT molecular complexity index is 552. The second-order valence-electron chi connectivity index (χ2n) is 4.60. The van der Waals surface area contributed by atoms with Crippen molar-refractivity contribution in [1.29, 1.82) is 0 Å². The molecule has 0 heterocycles. The van der Waals surface area contributed by atoms with Gasteiger partial charge in [-0.25, -0.2) is 0 Å². The van der Waals surface area contributed by atoms with E-state index in [4.69, 9.17) is 35.4 Å². The van der Waals surface area contributed by atoms with Crippen LogP contribution in [0, 0.1) is 5.41 Å². The number of hydrogen-bond donors (Lipinski definition) is 2. The van der Waals surface area contributed by atoms with Crippen LogP contribution in [0.4, 0.5) is 5.69 Å². The van der Waals surface area contributed by atoms with Crippen LogP contribution in [0.25, 0.3) is 0 Å². The van der Waals surface area contributed by atoms with E-state index in [0.29, 0.717) is 6.42 Å². The lowest BCUT2D eigenvalue weighted by Crippen LogP contribution is -2.40. The van der Waals surface area contributed by atoms with Crippen LogP contribution in [0.1, 0.15) is 13.3 Å². The summed E-state index contributed by atoms with van der Waals surface area (Å²) in [5, 5.41) is 5.76. The molecule has 0 saturated heterocycles. The molecule has 3 nitrogen and oxygen atoms in total. The van der Waals surface area contributed by atoms with Crippen molar-refractivity contribution in [2.75, 3.05) is 5.32 Å². The maximum absolute atomic E-state index is 12.0. The zero-order valence-electron chi connectivity index (χ0n) is 9.97. The van der Waals surface area contributed by atoms with Crippen molar-refractivity contribution in [2.24, 2.45) is 5.41 Å². The third kappa shape index (κ3) is 3.05. The van der Waals surface area contributed by atoms with Gasteiger partial charge in [0.25, 0.3) is 0 Å². The molecule has 102 valence electrons. The van der Waals surface area contributed by atoms with E-state index >= 15 is 0 Å². The van der Waals surface area contributed by atoms with Gasteiger partial charge in [0.05, 0.1) is 11.1 Å². The van der Waals surface area contributed by atoms with E-state index in [-0.39, 0.29) is 11.0 Å². The van der Waals surface area contributed by atoms with E-state index in [2.05, 4.69) is 26.6 Å². The number of alkyl halides is 2. The van der Waals surface area contributed by atoms with Crippen LogP contribution in [0.3, 0.4) is 0 Å². The highest BCUT2D eigenvalue weighted by Crippen LogP contribution is 2.63. The quantitative estimate of drug-likeness (QED) is 0.603. The molecule has 0 bridgehead atoms. The van der Waals surface area contributed by atoms with Gasteiger partial charge in [0, 0.05) is 4.47 Å². The van der Waals surface area contributed by atoms with Gasteiger partial charge in [-0.1, -0.05) is 12.1 Å². The molecule has 7 heteroatoms. The Hall–Kier alpha value is -0.360. The molecule has 2 N–H and O–H groups in total. The fourth-order valence-corrected chi connectivity index (χ4v) is 2.90. The molecule has 1 saturated carbocycles. The van der Waals surface area contributed by atoms with Gasteiger partial charge < -0.3 is 10.6 Å². The second kappa shape index (κ2) is 5.20. The minimum absolute atomic E-state index is 0.217. The monoisotopic (exact) mass is 380 g/mol. The van der Waals surface area contributed by atoms with Crippen LogP contribution in [-0.2, 0) is 4.79 Å². The van der Waals surface area contributed by atoms with Crippen LogP contribution >= 0.6 is 51.3 Å². The lowest BCUT2D eigenvalue weighted by atomic mass is 10.1. The standard InChI is InChI=1S/C12H11BrCl2N2OS/c1-11(6-12(11,14)15)9(18)17-10(19)16-8-5-3-2-4-7(8)13/h2-5H,6H2,1H3,(H2,16,17,18,19). The number of rotatable bonds is 2. The molecule has 1 aromatic carbocycles. The Morgan fingerprint density at radius 3 is 2.53 bits per heavy atom. The molecule has 2 rings (SSSR count). The van der Waals surface area contributed by atoms with Crippen molar-refractivity contribution < 1.29 is 4.79 Å². The van der Waals surface area contributed by atoms with E-state index in [1.807, 2.05) is 24.3 Å². The van der Waals surface area contributed by atoms with Crippen molar-refractivity contribution >= 4 is 68.1 Å². The SMILES string of the molecule is CC1(C(=O)NC(=S)Nc2ccccc2Br)CC1(Cl)Cl. The number of amides is 1. The highest BCUT2D eigenvalue weighted by atomic mass is 79.9. The Morgan fingerprint density at radius 2 is 2.00 bits per heavy atom. The normalized spacial score (nSPS) is 23.6. The number of nitrogens with one attached hydrogen (secondary N) is 2. The largest absolute Gasteiger partial charge is 0.331 e. The van der Waals surface area contributed by atoms with E-state index in [9.17, 15) is 4.79 Å². The van der Waals surface area contributed by atoms with Gasteiger partial charge in [0.2, 0.25) is 5.91 Å². The summed E-state index contributed by atoms with van der Waals surface area (Å²) in [6.07, 6.45) is 0.423. The fourth-order valence-electron chi connectivity index (χ4n) is 1.60. The third-order valence-electron chi connectivity index (χ3n) is 3.11. The summed E-state index contributed by atoms with van der Waals surface area (Å²) in [7, 11) is 0. The van der Waals surface area contributed by atoms with Crippen LogP contribution in [0.2, 0.25) is 0 Å². The van der Waals surface area contributed by atoms with Crippen LogP contribution in [-0.4, -0.2) is 15.4 Å². The molecule has 1 atom stereocenters. The molecule has 1 aliphatic rings. The minimum Gasteiger partial charge on any atom is -0.331 e. The summed E-state index contributed by atoms with van der Waals surface area (Å²) >= 11 is 20.4. The third-order valence-corrected chi connectivity index (χ3v) is 5.11. The summed E-state index contributed by atoms with van der Waals surface area (Å²) in [6, 6.07) is 7.46. The van der Waals surface area contributed by atoms with Crippen LogP contribution < -0.4 is 10.6 Å². The highest BCUT2D eigenvalue weighted by Gasteiger charge is 2.68. The summed E-state index contributed by atoms with van der Waals surface area (Å²) in [5.74, 6) is -0.276. The molecule has 19 heavy (non-hydrogen) atoms. The van der Waals surface area contributed by atoms with Crippen molar-refractivity contribution in [3.63, 3.8) is 0 Å². The van der Waals surface area contributed by atoms with Crippen molar-refractivity contribution in [3.05, 3.63) is 28.7 Å². The average Bonchev–Trinajstić information content (AvgIpc) is 2.83. The molecule has 1 unspecified atom stereocenters. The molecule has 1 aromatic rings. The van der Waals surface area contributed by atoms with E-state index in [1.54, 1.807) is 6.92 Å². The van der Waals surface area contributed by atoms with Crippen molar-refractivity contribution in [2.45, 2.75) is 17.7 Å². The number of para-hydroxylation sites is 1. The highest BCUT2D eigenvalue weighted by molar-refractivity contribution is 9.10. The summed E-state index contributed by atoms with van der Waals surface area (Å²) in [5.41, 5.74) is -0.00720. The van der Waals surface area contributed by atoms with Gasteiger partial charge in [-0.2, -0.15) is 0 Å². The number of benzene rings is 1. The van der Waals surface area contributed by atoms with Gasteiger partial charge in [-0.05, 0) is 53.6 Å². The lowest BCUT2D eigenvalue weighted by Gasteiger charge is -2.15. The smallest absolute Gasteiger partial charge is 0.235 e. The van der Waals surface area contributed by atoms with Gasteiger partial charge in [0.15, 0.2) is 5.11 Å². The number of halogens is 3. The number of thiocarbonyl (C=S) groups is 1. The maximum Gasteiger partial charge on any atom is 0.235 e. The average molecular weight is 382 g/mol. The zero-order chi connectivity index (χ0) is 14.3. The first kappa shape index (κ1) is 15.0. The van der Waals surface area contributed by atoms with Gasteiger partial charge in [-0.15, -0.1) is 23.2 Å². The number of carbonyl (C=O) groups is 1. The Balaban J connectivity index is 1.96. The molecule has 1 fully saturated rings. The predicted molar refractivity (Wildman–Crippen MR) is 85.7 cm³/mol.